The number of nitrogens with zero attached hydrogens (tertiary/aromatic N) is 2. The van der Waals surface area contributed by atoms with Crippen LogP contribution in [0.25, 0.3) is 0 Å². The van der Waals surface area contributed by atoms with Gasteiger partial charge in [0.2, 0.25) is 0 Å². The van der Waals surface area contributed by atoms with Gasteiger partial charge in [-0.2, -0.15) is 0 Å². The molecule has 0 radical (unpaired) electrons. The monoisotopic (exact) mass is 382 g/mol. The van der Waals surface area contributed by atoms with Gasteiger partial charge < -0.3 is 9.80 Å². The highest BCUT2D eigenvalue weighted by molar-refractivity contribution is 8.93. The summed E-state index contributed by atoms with van der Waals surface area (Å²) >= 11 is 0. The summed E-state index contributed by atoms with van der Waals surface area (Å²) in [5.41, 5.74) is 0. The van der Waals surface area contributed by atoms with Crippen molar-refractivity contribution >= 4 is 17.0 Å². The minimum Gasteiger partial charge on any atom is -0.374 e. The quantitative estimate of drug-likeness (QED) is 0.496. The first-order valence-corrected chi connectivity index (χ1v) is 9.01. The summed E-state index contributed by atoms with van der Waals surface area (Å²) in [7, 11) is 0. The maximum atomic E-state index is 2.36. The molecule has 3 heteroatoms. The molecule has 0 N–H and O–H groups in total. The summed E-state index contributed by atoms with van der Waals surface area (Å²) in [5, 5.41) is 0. The van der Waals surface area contributed by atoms with Crippen LogP contribution in [0.5, 0.6) is 0 Å². The van der Waals surface area contributed by atoms with E-state index in [1.165, 1.54) is 51.6 Å². The van der Waals surface area contributed by atoms with E-state index in [4.69, 9.17) is 0 Å². The SMILES string of the molecule is Br.CCCCCN1C=CC=CC1.CCCCCN1C=CC=CC1. The lowest BCUT2D eigenvalue weighted by Crippen LogP contribution is -2.19. The molecule has 0 unspecified atom stereocenters. The maximum absolute atomic E-state index is 2.36. The Morgan fingerprint density at radius 3 is 1.39 bits per heavy atom. The second-order valence-electron chi connectivity index (χ2n) is 5.94. The highest BCUT2D eigenvalue weighted by atomic mass is 79.9. The van der Waals surface area contributed by atoms with Crippen molar-refractivity contribution in [1.82, 2.24) is 9.80 Å². The number of rotatable bonds is 8. The zero-order valence-electron chi connectivity index (χ0n) is 15.0. The van der Waals surface area contributed by atoms with Gasteiger partial charge in [0.25, 0.3) is 0 Å². The molecule has 2 rings (SSSR count). The summed E-state index contributed by atoms with van der Waals surface area (Å²) < 4.78 is 0. The number of hydrogen-bond acceptors (Lipinski definition) is 2. The van der Waals surface area contributed by atoms with Gasteiger partial charge in [-0.05, 0) is 37.4 Å². The molecule has 0 aliphatic carbocycles. The predicted molar refractivity (Wildman–Crippen MR) is 109 cm³/mol. The van der Waals surface area contributed by atoms with Crippen LogP contribution in [0.1, 0.15) is 52.4 Å². The fourth-order valence-corrected chi connectivity index (χ4v) is 2.48. The lowest BCUT2D eigenvalue weighted by atomic mass is 10.2. The Kier molecular flexibility index (Phi) is 15.3. The van der Waals surface area contributed by atoms with E-state index >= 15 is 0 Å². The third kappa shape index (κ3) is 12.2. The lowest BCUT2D eigenvalue weighted by Gasteiger charge is -2.19. The first-order chi connectivity index (χ1) is 10.9. The Labute approximate surface area is 154 Å². The third-order valence-corrected chi connectivity index (χ3v) is 3.87. The maximum Gasteiger partial charge on any atom is 0.0357 e. The van der Waals surface area contributed by atoms with Crippen LogP contribution in [0.4, 0.5) is 0 Å². The molecule has 0 aromatic rings. The second-order valence-corrected chi connectivity index (χ2v) is 5.94. The molecule has 0 atom stereocenters. The molecular weight excluding hydrogens is 348 g/mol. The van der Waals surface area contributed by atoms with Gasteiger partial charge >= 0.3 is 0 Å². The van der Waals surface area contributed by atoms with E-state index in [2.05, 4.69) is 72.5 Å². The molecule has 0 saturated heterocycles. The van der Waals surface area contributed by atoms with Crippen molar-refractivity contribution in [2.24, 2.45) is 0 Å². The zero-order chi connectivity index (χ0) is 15.9. The number of halogens is 1. The van der Waals surface area contributed by atoms with Gasteiger partial charge in [-0.25, -0.2) is 0 Å². The molecule has 0 saturated carbocycles. The van der Waals surface area contributed by atoms with Crippen LogP contribution in [0, 0.1) is 0 Å². The van der Waals surface area contributed by atoms with Crippen LogP contribution in [0.3, 0.4) is 0 Å². The van der Waals surface area contributed by atoms with Crippen LogP contribution >= 0.6 is 17.0 Å². The Bertz CT molecular complexity index is 336. The fourth-order valence-electron chi connectivity index (χ4n) is 2.48. The molecule has 0 fully saturated rings. The summed E-state index contributed by atoms with van der Waals surface area (Å²) in [6, 6.07) is 0. The zero-order valence-corrected chi connectivity index (χ0v) is 16.7. The van der Waals surface area contributed by atoms with Crippen molar-refractivity contribution in [2.75, 3.05) is 26.2 Å². The standard InChI is InChI=1S/2C10H17N.BrH/c2*1-2-3-5-8-11-9-6-4-7-10-11;/h2*4,6-7,9H,2-3,5,8,10H2,1H3;1H. The van der Waals surface area contributed by atoms with Crippen molar-refractivity contribution in [3.05, 3.63) is 48.9 Å². The Morgan fingerprint density at radius 2 is 1.09 bits per heavy atom. The van der Waals surface area contributed by atoms with Gasteiger partial charge in [0.05, 0.1) is 0 Å². The van der Waals surface area contributed by atoms with Gasteiger partial charge in [0.15, 0.2) is 0 Å². The van der Waals surface area contributed by atoms with E-state index in [-0.39, 0.29) is 17.0 Å². The lowest BCUT2D eigenvalue weighted by molar-refractivity contribution is 0.396. The van der Waals surface area contributed by atoms with E-state index in [0.29, 0.717) is 0 Å². The Hall–Kier alpha value is -0.960. The van der Waals surface area contributed by atoms with E-state index in [0.717, 1.165) is 13.1 Å². The molecule has 2 heterocycles. The van der Waals surface area contributed by atoms with Crippen molar-refractivity contribution < 1.29 is 0 Å². The first kappa shape index (κ1) is 22.0. The fraction of sp³-hybridized carbons (Fsp3) is 0.600. The van der Waals surface area contributed by atoms with Crippen molar-refractivity contribution in [1.29, 1.82) is 0 Å². The molecule has 0 spiro atoms. The molecule has 2 nitrogen and oxygen atoms in total. The molecule has 132 valence electrons. The molecule has 2 aliphatic rings. The average Bonchev–Trinajstić information content (AvgIpc) is 2.58. The van der Waals surface area contributed by atoms with Gasteiger partial charge in [-0.15, -0.1) is 17.0 Å². The minimum atomic E-state index is 0. The summed E-state index contributed by atoms with van der Waals surface area (Å²) in [6.45, 7) is 9.11. The Balaban J connectivity index is 0.000000403. The molecule has 0 aromatic heterocycles. The van der Waals surface area contributed by atoms with Gasteiger partial charge in [0.1, 0.15) is 0 Å². The predicted octanol–water partition coefficient (Wildman–Crippen LogP) is 5.70. The minimum absolute atomic E-state index is 0. The normalized spacial score (nSPS) is 15.2. The Morgan fingerprint density at radius 1 is 0.652 bits per heavy atom. The number of unbranched alkanes of at least 4 members (excludes halogenated alkanes) is 4. The summed E-state index contributed by atoms with van der Waals surface area (Å²) in [4.78, 5) is 4.71. The summed E-state index contributed by atoms with van der Waals surface area (Å²) in [6.07, 6.45) is 25.2. The molecule has 0 bridgehead atoms. The highest BCUT2D eigenvalue weighted by Crippen LogP contribution is 2.03. The highest BCUT2D eigenvalue weighted by Gasteiger charge is 1.98. The van der Waals surface area contributed by atoms with Gasteiger partial charge in [-0.1, -0.05) is 63.8 Å². The number of hydrogen-bond donors (Lipinski definition) is 0. The van der Waals surface area contributed by atoms with Crippen molar-refractivity contribution in [3.8, 4) is 0 Å². The van der Waals surface area contributed by atoms with Gasteiger partial charge in [-0.3, -0.25) is 0 Å². The van der Waals surface area contributed by atoms with Crippen LogP contribution in [0.15, 0.2) is 48.9 Å². The molecule has 0 aromatic carbocycles. The van der Waals surface area contributed by atoms with E-state index in [1.807, 2.05) is 0 Å². The first-order valence-electron chi connectivity index (χ1n) is 9.01. The van der Waals surface area contributed by atoms with Crippen LogP contribution in [0.2, 0.25) is 0 Å². The second kappa shape index (κ2) is 15.9. The van der Waals surface area contributed by atoms with E-state index in [9.17, 15) is 0 Å². The van der Waals surface area contributed by atoms with Crippen LogP contribution < -0.4 is 0 Å². The average molecular weight is 383 g/mol. The van der Waals surface area contributed by atoms with Gasteiger partial charge in [0, 0.05) is 26.2 Å². The number of allylic oxidation sites excluding steroid dienone is 4. The van der Waals surface area contributed by atoms with E-state index in [1.54, 1.807) is 0 Å². The van der Waals surface area contributed by atoms with Crippen molar-refractivity contribution in [3.63, 3.8) is 0 Å². The topological polar surface area (TPSA) is 6.48 Å². The molecule has 23 heavy (non-hydrogen) atoms. The van der Waals surface area contributed by atoms with Crippen LogP contribution in [-0.4, -0.2) is 36.0 Å². The smallest absolute Gasteiger partial charge is 0.0357 e. The summed E-state index contributed by atoms with van der Waals surface area (Å²) in [5.74, 6) is 0. The largest absolute Gasteiger partial charge is 0.374 e. The van der Waals surface area contributed by atoms with E-state index < -0.39 is 0 Å². The van der Waals surface area contributed by atoms with Crippen molar-refractivity contribution in [2.45, 2.75) is 52.4 Å². The van der Waals surface area contributed by atoms with Crippen LogP contribution in [-0.2, 0) is 0 Å². The molecular formula is C20H35BrN2. The molecule has 2 aliphatic heterocycles. The molecule has 0 amide bonds. The third-order valence-electron chi connectivity index (χ3n) is 3.87.